The van der Waals surface area contributed by atoms with Gasteiger partial charge in [-0.2, -0.15) is 4.31 Å². The largest absolute Gasteiger partial charge is 0.494 e. The first-order valence-electron chi connectivity index (χ1n) is 11.2. The molecule has 0 aromatic heterocycles. The molecule has 34 heavy (non-hydrogen) atoms. The van der Waals surface area contributed by atoms with Crippen molar-refractivity contribution >= 4 is 15.9 Å². The van der Waals surface area contributed by atoms with E-state index in [9.17, 15) is 13.2 Å². The maximum absolute atomic E-state index is 13.1. The minimum absolute atomic E-state index is 0.00918. The van der Waals surface area contributed by atoms with Gasteiger partial charge in [0, 0.05) is 45.8 Å². The smallest absolute Gasteiger partial charge is 0.243 e. The van der Waals surface area contributed by atoms with E-state index in [2.05, 4.69) is 0 Å². The zero-order chi connectivity index (χ0) is 24.7. The molecule has 9 nitrogen and oxygen atoms in total. The normalized spacial score (nSPS) is 15.1. The lowest BCUT2D eigenvalue weighted by atomic mass is 10.2. The molecule has 1 amide bonds. The van der Waals surface area contributed by atoms with E-state index in [1.54, 1.807) is 18.0 Å². The summed E-state index contributed by atoms with van der Waals surface area (Å²) in [6.07, 6.45) is 0. The van der Waals surface area contributed by atoms with Gasteiger partial charge in [0.1, 0.15) is 5.75 Å². The Labute approximate surface area is 201 Å². The predicted molar refractivity (Wildman–Crippen MR) is 129 cm³/mol. The molecule has 0 N–H and O–H groups in total. The molecule has 10 heteroatoms. The van der Waals surface area contributed by atoms with Gasteiger partial charge in [-0.1, -0.05) is 12.1 Å². The number of nitrogens with zero attached hydrogens (tertiary/aromatic N) is 3. The van der Waals surface area contributed by atoms with E-state index in [1.165, 1.54) is 30.7 Å². The number of methoxy groups -OCH3 is 2. The molecule has 1 saturated heterocycles. The number of amides is 1. The standard InChI is InChI=1S/C24H33N3O6S/c1-5-33-20-8-6-19(7-9-20)17-25(2)24(28)18-26-12-14-27(15-13-26)34(29,30)21-10-11-22(31-3)23(16-21)32-4/h6-11,16H,5,12-15,17-18H2,1-4H3. The minimum Gasteiger partial charge on any atom is -0.494 e. The molecule has 3 rings (SSSR count). The molecular weight excluding hydrogens is 458 g/mol. The Kier molecular flexibility index (Phi) is 8.76. The van der Waals surface area contributed by atoms with Gasteiger partial charge in [0.2, 0.25) is 15.9 Å². The molecule has 1 heterocycles. The molecule has 0 unspecified atom stereocenters. The second-order valence-corrected chi connectivity index (χ2v) is 9.96. The van der Waals surface area contributed by atoms with E-state index >= 15 is 0 Å². The summed E-state index contributed by atoms with van der Waals surface area (Å²) in [5, 5.41) is 0. The molecular formula is C24H33N3O6S. The molecule has 2 aromatic rings. The first-order valence-corrected chi connectivity index (χ1v) is 12.6. The Hall–Kier alpha value is -2.82. The van der Waals surface area contributed by atoms with Crippen molar-refractivity contribution in [2.45, 2.75) is 18.4 Å². The fourth-order valence-corrected chi connectivity index (χ4v) is 5.22. The summed E-state index contributed by atoms with van der Waals surface area (Å²) in [6.45, 7) is 4.88. The molecule has 0 atom stereocenters. The monoisotopic (exact) mass is 491 g/mol. The van der Waals surface area contributed by atoms with Gasteiger partial charge in [0.05, 0.1) is 32.3 Å². The Morgan fingerprint density at radius 3 is 2.21 bits per heavy atom. The van der Waals surface area contributed by atoms with Gasteiger partial charge in [-0.3, -0.25) is 9.69 Å². The van der Waals surface area contributed by atoms with Crippen LogP contribution in [-0.2, 0) is 21.4 Å². The minimum atomic E-state index is -3.67. The molecule has 1 fully saturated rings. The van der Waals surface area contributed by atoms with Crippen molar-refractivity contribution in [1.29, 1.82) is 0 Å². The van der Waals surface area contributed by atoms with Crippen LogP contribution in [0.2, 0.25) is 0 Å². The van der Waals surface area contributed by atoms with Crippen LogP contribution in [0, 0.1) is 0 Å². The van der Waals surface area contributed by atoms with Crippen molar-refractivity contribution in [3.8, 4) is 17.2 Å². The van der Waals surface area contributed by atoms with Crippen LogP contribution in [-0.4, -0.2) is 89.0 Å². The highest BCUT2D eigenvalue weighted by atomic mass is 32.2. The van der Waals surface area contributed by atoms with Crippen molar-refractivity contribution in [2.24, 2.45) is 0 Å². The maximum Gasteiger partial charge on any atom is 0.243 e. The fourth-order valence-electron chi connectivity index (χ4n) is 3.79. The van der Waals surface area contributed by atoms with Crippen LogP contribution in [0.5, 0.6) is 17.2 Å². The van der Waals surface area contributed by atoms with Gasteiger partial charge < -0.3 is 19.1 Å². The lowest BCUT2D eigenvalue weighted by Gasteiger charge is -2.34. The highest BCUT2D eigenvalue weighted by molar-refractivity contribution is 7.89. The summed E-state index contributed by atoms with van der Waals surface area (Å²) in [5.41, 5.74) is 1.02. The zero-order valence-electron chi connectivity index (χ0n) is 20.2. The number of carbonyl (C=O) groups excluding carboxylic acids is 1. The zero-order valence-corrected chi connectivity index (χ0v) is 21.0. The molecule has 0 radical (unpaired) electrons. The Balaban J connectivity index is 1.53. The topological polar surface area (TPSA) is 88.6 Å². The summed E-state index contributed by atoms with van der Waals surface area (Å²) in [7, 11) is 1.07. The average Bonchev–Trinajstić information content (AvgIpc) is 2.85. The van der Waals surface area contributed by atoms with Crippen molar-refractivity contribution in [3.05, 3.63) is 48.0 Å². The van der Waals surface area contributed by atoms with Crippen LogP contribution < -0.4 is 14.2 Å². The summed E-state index contributed by atoms with van der Waals surface area (Å²) >= 11 is 0. The van der Waals surface area contributed by atoms with Gasteiger partial charge in [-0.15, -0.1) is 0 Å². The van der Waals surface area contributed by atoms with Crippen LogP contribution in [0.15, 0.2) is 47.4 Å². The highest BCUT2D eigenvalue weighted by Crippen LogP contribution is 2.30. The second kappa shape index (κ2) is 11.5. The first kappa shape index (κ1) is 25.8. The van der Waals surface area contributed by atoms with Crippen LogP contribution in [0.3, 0.4) is 0 Å². The lowest BCUT2D eigenvalue weighted by Crippen LogP contribution is -2.51. The summed E-state index contributed by atoms with van der Waals surface area (Å²) in [5.74, 6) is 1.63. The summed E-state index contributed by atoms with van der Waals surface area (Å²) in [6, 6.07) is 12.3. The van der Waals surface area contributed by atoms with Gasteiger partial charge in [0.15, 0.2) is 11.5 Å². The van der Waals surface area contributed by atoms with E-state index in [0.29, 0.717) is 50.8 Å². The number of rotatable bonds is 10. The van der Waals surface area contributed by atoms with Crippen LogP contribution in [0.25, 0.3) is 0 Å². The first-order chi connectivity index (χ1) is 16.3. The highest BCUT2D eigenvalue weighted by Gasteiger charge is 2.30. The third-order valence-corrected chi connectivity index (χ3v) is 7.66. The molecule has 0 spiro atoms. The van der Waals surface area contributed by atoms with Crippen molar-refractivity contribution in [2.75, 3.05) is 60.6 Å². The fraction of sp³-hybridized carbons (Fsp3) is 0.458. The molecule has 0 bridgehead atoms. The van der Waals surface area contributed by atoms with E-state index in [1.807, 2.05) is 36.1 Å². The summed E-state index contributed by atoms with van der Waals surface area (Å²) < 4.78 is 43.5. The number of benzene rings is 2. The lowest BCUT2D eigenvalue weighted by molar-refractivity contribution is -0.131. The number of hydrogen-bond donors (Lipinski definition) is 0. The number of sulfonamides is 1. The molecule has 1 aliphatic heterocycles. The summed E-state index contributed by atoms with van der Waals surface area (Å²) in [4.78, 5) is 16.5. The average molecular weight is 492 g/mol. The van der Waals surface area contributed by atoms with E-state index in [0.717, 1.165) is 11.3 Å². The second-order valence-electron chi connectivity index (χ2n) is 8.02. The number of ether oxygens (including phenoxy) is 3. The van der Waals surface area contributed by atoms with Gasteiger partial charge in [-0.25, -0.2) is 8.42 Å². The number of likely N-dealkylation sites (N-methyl/N-ethyl adjacent to an activating group) is 1. The molecule has 0 saturated carbocycles. The van der Waals surface area contributed by atoms with Crippen molar-refractivity contribution in [1.82, 2.24) is 14.1 Å². The third kappa shape index (κ3) is 6.19. The maximum atomic E-state index is 13.1. The number of piperazine rings is 1. The van der Waals surface area contributed by atoms with Crippen molar-refractivity contribution < 1.29 is 27.4 Å². The number of carbonyl (C=O) groups is 1. The molecule has 0 aliphatic carbocycles. The van der Waals surface area contributed by atoms with Crippen LogP contribution in [0.4, 0.5) is 0 Å². The SMILES string of the molecule is CCOc1ccc(CN(C)C(=O)CN2CCN(S(=O)(=O)c3ccc(OC)c(OC)c3)CC2)cc1. The van der Waals surface area contributed by atoms with Crippen molar-refractivity contribution in [3.63, 3.8) is 0 Å². The van der Waals surface area contributed by atoms with Crippen LogP contribution >= 0.6 is 0 Å². The quantitative estimate of drug-likeness (QED) is 0.503. The number of hydrogen-bond acceptors (Lipinski definition) is 7. The van der Waals surface area contributed by atoms with Crippen LogP contribution in [0.1, 0.15) is 12.5 Å². The predicted octanol–water partition coefficient (Wildman–Crippen LogP) is 2.07. The van der Waals surface area contributed by atoms with Gasteiger partial charge >= 0.3 is 0 Å². The Bertz CT molecular complexity index is 1070. The van der Waals surface area contributed by atoms with Gasteiger partial charge in [0.25, 0.3) is 0 Å². The van der Waals surface area contributed by atoms with Gasteiger partial charge in [-0.05, 0) is 36.8 Å². The van der Waals surface area contributed by atoms with E-state index < -0.39 is 10.0 Å². The van der Waals surface area contributed by atoms with E-state index in [-0.39, 0.29) is 17.3 Å². The third-order valence-electron chi connectivity index (χ3n) is 5.76. The molecule has 186 valence electrons. The Morgan fingerprint density at radius 1 is 0.971 bits per heavy atom. The van der Waals surface area contributed by atoms with E-state index in [4.69, 9.17) is 14.2 Å². The molecule has 2 aromatic carbocycles. The Morgan fingerprint density at radius 2 is 1.62 bits per heavy atom. The molecule has 1 aliphatic rings.